The van der Waals surface area contributed by atoms with E-state index in [0.29, 0.717) is 5.92 Å². The van der Waals surface area contributed by atoms with E-state index in [1.165, 1.54) is 16.7 Å². The van der Waals surface area contributed by atoms with Crippen molar-refractivity contribution in [3.8, 4) is 0 Å². The monoisotopic (exact) mass is 272 g/mol. The van der Waals surface area contributed by atoms with Gasteiger partial charge in [-0.2, -0.15) is 0 Å². The molecule has 0 saturated heterocycles. The first-order valence-electron chi connectivity index (χ1n) is 7.20. The molecule has 20 heavy (non-hydrogen) atoms. The molecule has 1 aromatic carbocycles. The number of nitrogens with one attached hydrogen (secondary N) is 1. The van der Waals surface area contributed by atoms with Gasteiger partial charge in [0.2, 0.25) is 0 Å². The molecule has 0 bridgehead atoms. The molecule has 2 rings (SSSR count). The van der Waals surface area contributed by atoms with Crippen LogP contribution in [0.25, 0.3) is 0 Å². The molecular weight excluding hydrogens is 248 g/mol. The zero-order chi connectivity index (χ0) is 14.5. The second-order valence-corrected chi connectivity index (χ2v) is 5.85. The number of rotatable bonds is 6. The number of nitrogens with zero attached hydrogens (tertiary/aromatic N) is 3. The Morgan fingerprint density at radius 3 is 2.70 bits per heavy atom. The van der Waals surface area contributed by atoms with E-state index in [1.807, 2.05) is 10.9 Å². The van der Waals surface area contributed by atoms with Crippen LogP contribution in [0.3, 0.4) is 0 Å². The maximum absolute atomic E-state index is 4.20. The lowest BCUT2D eigenvalue weighted by molar-refractivity contribution is 0.548. The molecule has 1 N–H and O–H groups in total. The van der Waals surface area contributed by atoms with Gasteiger partial charge >= 0.3 is 0 Å². The predicted molar refractivity (Wildman–Crippen MR) is 81.6 cm³/mol. The molecule has 108 valence electrons. The minimum absolute atomic E-state index is 0.653. The Bertz CT molecular complexity index is 557. The van der Waals surface area contributed by atoms with Crippen LogP contribution in [-0.2, 0) is 13.1 Å². The van der Waals surface area contributed by atoms with Crippen molar-refractivity contribution in [2.75, 3.05) is 6.54 Å². The first-order valence-corrected chi connectivity index (χ1v) is 7.20. The van der Waals surface area contributed by atoms with E-state index < -0.39 is 0 Å². The van der Waals surface area contributed by atoms with Crippen molar-refractivity contribution in [2.45, 2.75) is 40.8 Å². The molecular formula is C16H24N4. The molecule has 4 nitrogen and oxygen atoms in total. The van der Waals surface area contributed by atoms with Gasteiger partial charge in [-0.25, -0.2) is 4.68 Å². The van der Waals surface area contributed by atoms with Crippen LogP contribution in [0.15, 0.2) is 24.4 Å². The largest absolute Gasteiger partial charge is 0.311 e. The second-order valence-electron chi connectivity index (χ2n) is 5.85. The third-order valence-corrected chi connectivity index (χ3v) is 3.36. The van der Waals surface area contributed by atoms with Crippen LogP contribution < -0.4 is 5.32 Å². The summed E-state index contributed by atoms with van der Waals surface area (Å²) in [6.45, 7) is 11.2. The van der Waals surface area contributed by atoms with Crippen LogP contribution in [0.2, 0.25) is 0 Å². The summed E-state index contributed by atoms with van der Waals surface area (Å²) in [5, 5.41) is 11.8. The summed E-state index contributed by atoms with van der Waals surface area (Å²) in [5.41, 5.74) is 4.90. The highest BCUT2D eigenvalue weighted by molar-refractivity contribution is 5.29. The van der Waals surface area contributed by atoms with Crippen molar-refractivity contribution in [3.05, 3.63) is 46.8 Å². The molecule has 0 aliphatic heterocycles. The highest BCUT2D eigenvalue weighted by Gasteiger charge is 2.03. The van der Waals surface area contributed by atoms with Gasteiger partial charge in [-0.05, 0) is 43.0 Å². The zero-order valence-electron chi connectivity index (χ0n) is 12.8. The van der Waals surface area contributed by atoms with E-state index in [9.17, 15) is 0 Å². The van der Waals surface area contributed by atoms with E-state index in [1.54, 1.807) is 0 Å². The topological polar surface area (TPSA) is 42.7 Å². The molecule has 0 atom stereocenters. The molecule has 0 radical (unpaired) electrons. The summed E-state index contributed by atoms with van der Waals surface area (Å²) in [7, 11) is 0. The lowest BCUT2D eigenvalue weighted by Crippen LogP contribution is -2.19. The zero-order valence-corrected chi connectivity index (χ0v) is 12.8. The van der Waals surface area contributed by atoms with E-state index in [0.717, 1.165) is 25.3 Å². The number of aromatic nitrogens is 3. The van der Waals surface area contributed by atoms with Gasteiger partial charge in [0.1, 0.15) is 0 Å². The van der Waals surface area contributed by atoms with Crippen molar-refractivity contribution in [1.82, 2.24) is 20.3 Å². The first-order chi connectivity index (χ1) is 9.54. The van der Waals surface area contributed by atoms with Crippen LogP contribution >= 0.6 is 0 Å². The summed E-state index contributed by atoms with van der Waals surface area (Å²) in [6, 6.07) is 6.53. The smallest absolute Gasteiger partial charge is 0.0964 e. The van der Waals surface area contributed by atoms with Crippen LogP contribution in [-0.4, -0.2) is 21.5 Å². The molecule has 0 saturated carbocycles. The number of hydrogen-bond acceptors (Lipinski definition) is 3. The quantitative estimate of drug-likeness (QED) is 0.879. The Labute approximate surface area is 121 Å². The summed E-state index contributed by atoms with van der Waals surface area (Å²) >= 11 is 0. The average molecular weight is 272 g/mol. The van der Waals surface area contributed by atoms with E-state index >= 15 is 0 Å². The highest BCUT2D eigenvalue weighted by atomic mass is 15.4. The maximum atomic E-state index is 4.20. The Morgan fingerprint density at radius 2 is 2.00 bits per heavy atom. The molecule has 0 spiro atoms. The number of hydrogen-bond donors (Lipinski definition) is 1. The molecule has 4 heteroatoms. The van der Waals surface area contributed by atoms with Crippen molar-refractivity contribution in [3.63, 3.8) is 0 Å². The first kappa shape index (κ1) is 14.7. The number of aryl methyl sites for hydroxylation is 2. The number of benzene rings is 1. The van der Waals surface area contributed by atoms with Crippen molar-refractivity contribution in [2.24, 2.45) is 5.92 Å². The molecule has 0 aliphatic rings. The predicted octanol–water partition coefficient (Wildman–Crippen LogP) is 2.69. The van der Waals surface area contributed by atoms with Crippen molar-refractivity contribution >= 4 is 0 Å². The summed E-state index contributed by atoms with van der Waals surface area (Å²) in [6.07, 6.45) is 2.02. The minimum Gasteiger partial charge on any atom is -0.311 e. The van der Waals surface area contributed by atoms with Gasteiger partial charge in [-0.3, -0.25) is 0 Å². The Hall–Kier alpha value is -1.68. The van der Waals surface area contributed by atoms with Crippen molar-refractivity contribution < 1.29 is 0 Å². The maximum Gasteiger partial charge on any atom is 0.0964 e. The van der Waals surface area contributed by atoms with Gasteiger partial charge in [0.25, 0.3) is 0 Å². The summed E-state index contributed by atoms with van der Waals surface area (Å²) in [5.74, 6) is 0.653. The third-order valence-electron chi connectivity index (χ3n) is 3.36. The van der Waals surface area contributed by atoms with Gasteiger partial charge in [-0.1, -0.05) is 37.3 Å². The molecule has 0 unspecified atom stereocenters. The van der Waals surface area contributed by atoms with E-state index in [2.05, 4.69) is 61.5 Å². The van der Waals surface area contributed by atoms with Crippen molar-refractivity contribution in [1.29, 1.82) is 0 Å². The molecule has 0 aliphatic carbocycles. The summed E-state index contributed by atoms with van der Waals surface area (Å²) < 4.78 is 1.90. The van der Waals surface area contributed by atoms with Crippen LogP contribution in [0, 0.1) is 19.8 Å². The van der Waals surface area contributed by atoms with Crippen LogP contribution in [0.5, 0.6) is 0 Å². The van der Waals surface area contributed by atoms with Gasteiger partial charge in [0.05, 0.1) is 18.4 Å². The van der Waals surface area contributed by atoms with Gasteiger partial charge in [-0.15, -0.1) is 5.10 Å². The third kappa shape index (κ3) is 4.17. The second kappa shape index (κ2) is 6.66. The average Bonchev–Trinajstić information content (AvgIpc) is 2.81. The minimum atomic E-state index is 0.653. The lowest BCUT2D eigenvalue weighted by atomic mass is 10.1. The standard InChI is InChI=1S/C16H24N4/c1-12(2)8-17-9-16-11-20(19-18-16)10-15-6-5-13(3)14(4)7-15/h5-7,11-12,17H,8-10H2,1-4H3. The molecule has 0 fully saturated rings. The molecule has 2 aromatic rings. The Balaban J connectivity index is 1.93. The van der Waals surface area contributed by atoms with Gasteiger partial charge in [0.15, 0.2) is 0 Å². The Kier molecular flexibility index (Phi) is 4.90. The van der Waals surface area contributed by atoms with Gasteiger partial charge < -0.3 is 5.32 Å². The highest BCUT2D eigenvalue weighted by Crippen LogP contribution is 2.10. The lowest BCUT2D eigenvalue weighted by Gasteiger charge is -2.05. The van der Waals surface area contributed by atoms with E-state index in [-0.39, 0.29) is 0 Å². The van der Waals surface area contributed by atoms with E-state index in [4.69, 9.17) is 0 Å². The van der Waals surface area contributed by atoms with Crippen LogP contribution in [0.4, 0.5) is 0 Å². The fourth-order valence-electron chi connectivity index (χ4n) is 2.07. The SMILES string of the molecule is Cc1ccc(Cn2cc(CNCC(C)C)nn2)cc1C. The molecule has 1 aromatic heterocycles. The Morgan fingerprint density at radius 1 is 1.20 bits per heavy atom. The fraction of sp³-hybridized carbons (Fsp3) is 0.500. The van der Waals surface area contributed by atoms with Gasteiger partial charge in [0, 0.05) is 6.54 Å². The fourth-order valence-corrected chi connectivity index (χ4v) is 2.07. The molecule has 1 heterocycles. The van der Waals surface area contributed by atoms with Crippen LogP contribution in [0.1, 0.15) is 36.2 Å². The molecule has 0 amide bonds. The summed E-state index contributed by atoms with van der Waals surface area (Å²) in [4.78, 5) is 0. The normalized spacial score (nSPS) is 11.2.